The van der Waals surface area contributed by atoms with Crippen LogP contribution in [0.3, 0.4) is 0 Å². The van der Waals surface area contributed by atoms with E-state index in [0.717, 1.165) is 22.5 Å². The summed E-state index contributed by atoms with van der Waals surface area (Å²) in [6, 6.07) is 15.3. The smallest absolute Gasteiger partial charge is 0.260 e. The van der Waals surface area contributed by atoms with Crippen molar-refractivity contribution in [2.75, 3.05) is 0 Å². The SMILES string of the molecule is Cc1ccc(-n2c(CC[C@@H](N)C(=O)NO)nc3ccccc32)cc1. The molecule has 0 aliphatic heterocycles. The van der Waals surface area contributed by atoms with E-state index in [4.69, 9.17) is 10.9 Å². The monoisotopic (exact) mass is 324 g/mol. The number of aryl methyl sites for hydroxylation is 2. The third-order valence-electron chi connectivity index (χ3n) is 4.05. The lowest BCUT2D eigenvalue weighted by Crippen LogP contribution is -2.39. The Morgan fingerprint density at radius 1 is 1.25 bits per heavy atom. The average Bonchev–Trinajstić information content (AvgIpc) is 2.98. The molecule has 1 aromatic heterocycles. The van der Waals surface area contributed by atoms with Gasteiger partial charge in [-0.3, -0.25) is 14.6 Å². The van der Waals surface area contributed by atoms with Crippen LogP contribution in [-0.2, 0) is 11.2 Å². The molecule has 0 saturated carbocycles. The van der Waals surface area contributed by atoms with Crippen LogP contribution in [0.25, 0.3) is 16.7 Å². The predicted octanol–water partition coefficient (Wildman–Crippen LogP) is 2.10. The summed E-state index contributed by atoms with van der Waals surface area (Å²) in [6.45, 7) is 2.04. The Kier molecular flexibility index (Phi) is 4.59. The topological polar surface area (TPSA) is 93.2 Å². The van der Waals surface area contributed by atoms with Crippen molar-refractivity contribution in [2.45, 2.75) is 25.8 Å². The Morgan fingerprint density at radius 3 is 2.67 bits per heavy atom. The molecule has 1 amide bonds. The van der Waals surface area contributed by atoms with Crippen LogP contribution in [0.2, 0.25) is 0 Å². The first kappa shape index (κ1) is 16.2. The molecular formula is C18H20N4O2. The number of carbonyl (C=O) groups excluding carboxylic acids is 1. The number of imidazole rings is 1. The number of nitrogens with two attached hydrogens (primary N) is 1. The Balaban J connectivity index is 1.99. The molecule has 0 radical (unpaired) electrons. The molecule has 0 aliphatic rings. The maximum atomic E-state index is 11.4. The number of hydroxylamine groups is 1. The molecule has 3 rings (SSSR count). The van der Waals surface area contributed by atoms with E-state index in [1.54, 1.807) is 5.48 Å². The predicted molar refractivity (Wildman–Crippen MR) is 92.0 cm³/mol. The van der Waals surface area contributed by atoms with Gasteiger partial charge in [-0.05, 0) is 37.6 Å². The van der Waals surface area contributed by atoms with E-state index >= 15 is 0 Å². The number of carbonyl (C=O) groups is 1. The van der Waals surface area contributed by atoms with Gasteiger partial charge in [-0.1, -0.05) is 29.8 Å². The number of fused-ring (bicyclic) bond motifs is 1. The molecule has 24 heavy (non-hydrogen) atoms. The van der Waals surface area contributed by atoms with Crippen molar-refractivity contribution in [3.05, 3.63) is 59.9 Å². The second-order valence-corrected chi connectivity index (χ2v) is 5.81. The van der Waals surface area contributed by atoms with Crippen LogP contribution in [-0.4, -0.2) is 26.7 Å². The van der Waals surface area contributed by atoms with Gasteiger partial charge in [-0.15, -0.1) is 0 Å². The lowest BCUT2D eigenvalue weighted by molar-refractivity contribution is -0.130. The summed E-state index contributed by atoms with van der Waals surface area (Å²) in [6.07, 6.45) is 0.915. The summed E-state index contributed by atoms with van der Waals surface area (Å²) in [7, 11) is 0. The minimum Gasteiger partial charge on any atom is -0.320 e. The van der Waals surface area contributed by atoms with Gasteiger partial charge in [0.1, 0.15) is 5.82 Å². The van der Waals surface area contributed by atoms with Crippen LogP contribution < -0.4 is 11.2 Å². The molecule has 1 heterocycles. The Hall–Kier alpha value is -2.70. The molecule has 0 aliphatic carbocycles. The van der Waals surface area contributed by atoms with Crippen LogP contribution in [0.1, 0.15) is 17.8 Å². The molecule has 6 nitrogen and oxygen atoms in total. The molecule has 0 spiro atoms. The van der Waals surface area contributed by atoms with Crippen molar-refractivity contribution in [2.24, 2.45) is 5.73 Å². The number of benzene rings is 2. The Bertz CT molecular complexity index is 855. The number of aromatic nitrogens is 2. The van der Waals surface area contributed by atoms with E-state index in [2.05, 4.69) is 21.7 Å². The van der Waals surface area contributed by atoms with Crippen molar-refractivity contribution in [3.8, 4) is 5.69 Å². The van der Waals surface area contributed by atoms with Gasteiger partial charge in [0.25, 0.3) is 5.91 Å². The standard InChI is InChI=1S/C18H20N4O2/c1-12-6-8-13(9-7-12)22-16-5-3-2-4-15(16)20-17(22)11-10-14(19)18(23)21-24/h2-9,14,24H,10-11,19H2,1H3,(H,21,23)/t14-/m1/s1. The summed E-state index contributed by atoms with van der Waals surface area (Å²) in [5.41, 5.74) is 11.5. The fraction of sp³-hybridized carbons (Fsp3) is 0.222. The molecule has 0 unspecified atom stereocenters. The second kappa shape index (κ2) is 6.82. The van der Waals surface area contributed by atoms with Crippen LogP contribution in [0.15, 0.2) is 48.5 Å². The number of nitrogens with zero attached hydrogens (tertiary/aromatic N) is 2. The van der Waals surface area contributed by atoms with Gasteiger partial charge in [-0.2, -0.15) is 0 Å². The lowest BCUT2D eigenvalue weighted by Gasteiger charge is -2.12. The molecule has 0 bridgehead atoms. The largest absolute Gasteiger partial charge is 0.320 e. The van der Waals surface area contributed by atoms with Gasteiger partial charge in [0.15, 0.2) is 0 Å². The molecule has 0 saturated heterocycles. The molecular weight excluding hydrogens is 304 g/mol. The zero-order valence-corrected chi connectivity index (χ0v) is 13.4. The Morgan fingerprint density at radius 2 is 1.96 bits per heavy atom. The highest BCUT2D eigenvalue weighted by Crippen LogP contribution is 2.23. The molecule has 1 atom stereocenters. The summed E-state index contributed by atoms with van der Waals surface area (Å²) in [4.78, 5) is 16.1. The maximum absolute atomic E-state index is 11.4. The number of hydrogen-bond acceptors (Lipinski definition) is 4. The summed E-state index contributed by atoms with van der Waals surface area (Å²) in [5.74, 6) is 0.245. The highest BCUT2D eigenvalue weighted by atomic mass is 16.5. The van der Waals surface area contributed by atoms with Crippen LogP contribution in [0, 0.1) is 6.92 Å². The highest BCUT2D eigenvalue weighted by molar-refractivity contribution is 5.80. The number of rotatable bonds is 5. The van der Waals surface area contributed by atoms with Gasteiger partial charge >= 0.3 is 0 Å². The van der Waals surface area contributed by atoms with Gasteiger partial charge in [0.2, 0.25) is 0 Å². The first-order chi connectivity index (χ1) is 11.6. The normalized spacial score (nSPS) is 12.3. The third-order valence-corrected chi connectivity index (χ3v) is 4.05. The maximum Gasteiger partial charge on any atom is 0.260 e. The van der Waals surface area contributed by atoms with E-state index in [1.807, 2.05) is 43.3 Å². The molecule has 3 aromatic rings. The van der Waals surface area contributed by atoms with E-state index in [-0.39, 0.29) is 0 Å². The average molecular weight is 324 g/mol. The van der Waals surface area contributed by atoms with Gasteiger partial charge < -0.3 is 5.73 Å². The first-order valence-electron chi connectivity index (χ1n) is 7.83. The fourth-order valence-corrected chi connectivity index (χ4v) is 2.72. The minimum atomic E-state index is -0.777. The molecule has 4 N–H and O–H groups in total. The van der Waals surface area contributed by atoms with Crippen molar-refractivity contribution < 1.29 is 10.0 Å². The van der Waals surface area contributed by atoms with Gasteiger partial charge in [0.05, 0.1) is 17.1 Å². The molecule has 0 fully saturated rings. The fourth-order valence-electron chi connectivity index (χ4n) is 2.72. The Labute approximate surface area is 139 Å². The quantitative estimate of drug-likeness (QED) is 0.495. The summed E-state index contributed by atoms with van der Waals surface area (Å²) in [5, 5.41) is 8.67. The van der Waals surface area contributed by atoms with Crippen LogP contribution >= 0.6 is 0 Å². The van der Waals surface area contributed by atoms with Crippen molar-refractivity contribution >= 4 is 16.9 Å². The molecule has 6 heteroatoms. The van der Waals surface area contributed by atoms with E-state index in [0.29, 0.717) is 12.8 Å². The summed E-state index contributed by atoms with van der Waals surface area (Å²) < 4.78 is 2.08. The van der Waals surface area contributed by atoms with Gasteiger partial charge in [0, 0.05) is 12.1 Å². The van der Waals surface area contributed by atoms with E-state index in [1.165, 1.54) is 5.56 Å². The first-order valence-corrected chi connectivity index (χ1v) is 7.83. The third kappa shape index (κ3) is 3.15. The molecule has 2 aromatic carbocycles. The minimum absolute atomic E-state index is 0.390. The van der Waals surface area contributed by atoms with E-state index < -0.39 is 11.9 Å². The molecule has 124 valence electrons. The van der Waals surface area contributed by atoms with Gasteiger partial charge in [-0.25, -0.2) is 10.5 Å². The number of hydrogen-bond donors (Lipinski definition) is 3. The van der Waals surface area contributed by atoms with Crippen molar-refractivity contribution in [1.82, 2.24) is 15.0 Å². The number of amides is 1. The summed E-state index contributed by atoms with van der Waals surface area (Å²) >= 11 is 0. The van der Waals surface area contributed by atoms with Crippen LogP contribution in [0.5, 0.6) is 0 Å². The number of para-hydroxylation sites is 2. The van der Waals surface area contributed by atoms with Crippen molar-refractivity contribution in [1.29, 1.82) is 0 Å². The number of nitrogens with one attached hydrogen (secondary N) is 1. The van der Waals surface area contributed by atoms with Crippen molar-refractivity contribution in [3.63, 3.8) is 0 Å². The zero-order valence-electron chi connectivity index (χ0n) is 13.4. The zero-order chi connectivity index (χ0) is 17.1. The second-order valence-electron chi connectivity index (χ2n) is 5.81. The van der Waals surface area contributed by atoms with Crippen LogP contribution in [0.4, 0.5) is 0 Å². The lowest BCUT2D eigenvalue weighted by atomic mass is 10.1. The van der Waals surface area contributed by atoms with E-state index in [9.17, 15) is 4.79 Å². The highest BCUT2D eigenvalue weighted by Gasteiger charge is 2.16.